The molecule has 0 saturated carbocycles. The van der Waals surface area contributed by atoms with Crippen LogP contribution in [0.5, 0.6) is 11.5 Å². The fourth-order valence-electron chi connectivity index (χ4n) is 3.86. The molecule has 0 aromatic heterocycles. The highest BCUT2D eigenvalue weighted by Gasteiger charge is 2.07. The molecule has 32 heavy (non-hydrogen) atoms. The third-order valence-electron chi connectivity index (χ3n) is 5.87. The number of unbranched alkanes of at least 4 members (excludes halogenated alkanes) is 5. The normalized spacial score (nSPS) is 11.8. The minimum Gasteiger partial charge on any atom is -0.497 e. The Kier molecular flexibility index (Phi) is 10.1. The van der Waals surface area contributed by atoms with Gasteiger partial charge in [0.1, 0.15) is 18.1 Å². The van der Waals surface area contributed by atoms with Crippen LogP contribution in [0.2, 0.25) is 0 Å². The zero-order valence-electron chi connectivity index (χ0n) is 19.2. The van der Waals surface area contributed by atoms with E-state index in [1.54, 1.807) is 7.11 Å². The molecule has 0 aliphatic rings. The first-order chi connectivity index (χ1) is 15.7. The molecule has 3 aromatic rings. The van der Waals surface area contributed by atoms with Gasteiger partial charge in [0.2, 0.25) is 0 Å². The predicted molar refractivity (Wildman–Crippen MR) is 131 cm³/mol. The van der Waals surface area contributed by atoms with Crippen molar-refractivity contribution in [2.75, 3.05) is 7.11 Å². The summed E-state index contributed by atoms with van der Waals surface area (Å²) < 4.78 is 11.0. The number of aliphatic hydroxyl groups excluding tert-OH is 1. The Morgan fingerprint density at radius 2 is 1.28 bits per heavy atom. The summed E-state index contributed by atoms with van der Waals surface area (Å²) >= 11 is 0. The summed E-state index contributed by atoms with van der Waals surface area (Å²) in [6.45, 7) is 0.558. The second-order valence-electron chi connectivity index (χ2n) is 8.37. The maximum Gasteiger partial charge on any atom is 0.119 e. The number of aryl methyl sites for hydroxylation is 1. The topological polar surface area (TPSA) is 38.7 Å². The number of rotatable bonds is 14. The van der Waals surface area contributed by atoms with Crippen LogP contribution in [0.4, 0.5) is 0 Å². The van der Waals surface area contributed by atoms with Crippen molar-refractivity contribution in [2.45, 2.75) is 64.1 Å². The highest BCUT2D eigenvalue weighted by atomic mass is 16.5. The summed E-state index contributed by atoms with van der Waals surface area (Å²) in [7, 11) is 1.70. The molecule has 0 amide bonds. The van der Waals surface area contributed by atoms with Gasteiger partial charge in [-0.05, 0) is 60.2 Å². The van der Waals surface area contributed by atoms with E-state index in [1.807, 2.05) is 54.6 Å². The monoisotopic (exact) mass is 432 g/mol. The Morgan fingerprint density at radius 1 is 0.656 bits per heavy atom. The van der Waals surface area contributed by atoms with Gasteiger partial charge in [0, 0.05) is 0 Å². The molecule has 0 aliphatic carbocycles. The van der Waals surface area contributed by atoms with Gasteiger partial charge in [-0.2, -0.15) is 0 Å². The molecule has 3 rings (SSSR count). The second-order valence-corrected chi connectivity index (χ2v) is 8.37. The van der Waals surface area contributed by atoms with Gasteiger partial charge in [-0.3, -0.25) is 0 Å². The van der Waals surface area contributed by atoms with Gasteiger partial charge in [-0.25, -0.2) is 0 Å². The van der Waals surface area contributed by atoms with Crippen LogP contribution in [-0.2, 0) is 13.0 Å². The smallest absolute Gasteiger partial charge is 0.119 e. The third-order valence-corrected chi connectivity index (χ3v) is 5.87. The Bertz CT molecular complexity index is 873. The number of ether oxygens (including phenoxy) is 2. The van der Waals surface area contributed by atoms with Crippen molar-refractivity contribution in [1.82, 2.24) is 0 Å². The summed E-state index contributed by atoms with van der Waals surface area (Å²) in [4.78, 5) is 0. The van der Waals surface area contributed by atoms with E-state index >= 15 is 0 Å². The first kappa shape index (κ1) is 23.9. The summed E-state index contributed by atoms with van der Waals surface area (Å²) in [5.41, 5.74) is 3.50. The molecule has 0 aliphatic heterocycles. The largest absolute Gasteiger partial charge is 0.497 e. The predicted octanol–water partition coefficient (Wildman–Crippen LogP) is 7.28. The molecule has 0 bridgehead atoms. The van der Waals surface area contributed by atoms with Crippen LogP contribution in [0.1, 0.15) is 67.7 Å². The van der Waals surface area contributed by atoms with Crippen LogP contribution >= 0.6 is 0 Å². The highest BCUT2D eigenvalue weighted by Crippen LogP contribution is 2.23. The van der Waals surface area contributed by atoms with Crippen LogP contribution in [0, 0.1) is 0 Å². The van der Waals surface area contributed by atoms with E-state index in [4.69, 9.17) is 9.47 Å². The Balaban J connectivity index is 1.24. The van der Waals surface area contributed by atoms with Crippen molar-refractivity contribution >= 4 is 0 Å². The van der Waals surface area contributed by atoms with Gasteiger partial charge >= 0.3 is 0 Å². The number of hydrogen-bond acceptors (Lipinski definition) is 3. The van der Waals surface area contributed by atoms with Gasteiger partial charge in [0.25, 0.3) is 0 Å². The number of hydrogen-bond donors (Lipinski definition) is 1. The third kappa shape index (κ3) is 8.39. The molecule has 1 atom stereocenters. The quantitative estimate of drug-likeness (QED) is 0.272. The average molecular weight is 433 g/mol. The van der Waals surface area contributed by atoms with Gasteiger partial charge in [-0.15, -0.1) is 0 Å². The highest BCUT2D eigenvalue weighted by molar-refractivity contribution is 5.29. The molecule has 0 fully saturated rings. The van der Waals surface area contributed by atoms with E-state index in [0.717, 1.165) is 41.9 Å². The Morgan fingerprint density at radius 3 is 1.97 bits per heavy atom. The maximum atomic E-state index is 10.5. The molecular weight excluding hydrogens is 396 g/mol. The molecule has 0 radical (unpaired) electrons. The van der Waals surface area contributed by atoms with Crippen molar-refractivity contribution in [3.63, 3.8) is 0 Å². The molecule has 3 aromatic carbocycles. The molecule has 0 saturated heterocycles. The van der Waals surface area contributed by atoms with Crippen molar-refractivity contribution in [1.29, 1.82) is 0 Å². The maximum absolute atomic E-state index is 10.5. The lowest BCUT2D eigenvalue weighted by Crippen LogP contribution is -1.99. The lowest BCUT2D eigenvalue weighted by Gasteiger charge is -2.12. The standard InChI is InChI=1S/C29H36O3/c1-31-27-19-15-24(16-20-27)11-7-4-2-3-5-10-14-29(30)26-17-21-28(22-18-26)32-23-25-12-8-6-9-13-25/h6,8-9,12-13,15-22,29-30H,2-5,7,10-11,14,23H2,1H3. The van der Waals surface area contributed by atoms with Crippen LogP contribution in [0.3, 0.4) is 0 Å². The Hall–Kier alpha value is -2.78. The van der Waals surface area contributed by atoms with E-state index in [1.165, 1.54) is 37.7 Å². The SMILES string of the molecule is COc1ccc(CCCCCCCCC(O)c2ccc(OCc3ccccc3)cc2)cc1. The first-order valence-electron chi connectivity index (χ1n) is 11.8. The van der Waals surface area contributed by atoms with E-state index < -0.39 is 6.10 Å². The van der Waals surface area contributed by atoms with E-state index in [-0.39, 0.29) is 0 Å². The van der Waals surface area contributed by atoms with Crippen molar-refractivity contribution in [3.8, 4) is 11.5 Å². The molecule has 170 valence electrons. The summed E-state index contributed by atoms with van der Waals surface area (Å²) in [6.07, 6.45) is 8.79. The number of methoxy groups -OCH3 is 1. The zero-order valence-corrected chi connectivity index (χ0v) is 19.2. The van der Waals surface area contributed by atoms with E-state index in [0.29, 0.717) is 6.61 Å². The van der Waals surface area contributed by atoms with Gasteiger partial charge < -0.3 is 14.6 Å². The minimum atomic E-state index is -0.395. The number of aliphatic hydroxyl groups is 1. The summed E-state index contributed by atoms with van der Waals surface area (Å²) in [5, 5.41) is 10.5. The first-order valence-corrected chi connectivity index (χ1v) is 11.8. The second kappa shape index (κ2) is 13.6. The van der Waals surface area contributed by atoms with Crippen LogP contribution in [0.25, 0.3) is 0 Å². The average Bonchev–Trinajstić information content (AvgIpc) is 2.85. The molecule has 3 nitrogen and oxygen atoms in total. The molecule has 1 N–H and O–H groups in total. The zero-order chi connectivity index (χ0) is 22.4. The van der Waals surface area contributed by atoms with Crippen molar-refractivity contribution < 1.29 is 14.6 Å². The Labute approximate surface area is 193 Å². The van der Waals surface area contributed by atoms with Crippen LogP contribution in [0.15, 0.2) is 78.9 Å². The van der Waals surface area contributed by atoms with Gasteiger partial charge in [-0.1, -0.05) is 86.7 Å². The molecule has 1 unspecified atom stereocenters. The van der Waals surface area contributed by atoms with E-state index in [9.17, 15) is 5.11 Å². The lowest BCUT2D eigenvalue weighted by atomic mass is 10.0. The van der Waals surface area contributed by atoms with Gasteiger partial charge in [0.15, 0.2) is 0 Å². The van der Waals surface area contributed by atoms with Crippen molar-refractivity contribution in [3.05, 3.63) is 95.6 Å². The minimum absolute atomic E-state index is 0.395. The van der Waals surface area contributed by atoms with Crippen LogP contribution < -0.4 is 9.47 Å². The lowest BCUT2D eigenvalue weighted by molar-refractivity contribution is 0.163. The number of benzene rings is 3. The van der Waals surface area contributed by atoms with Gasteiger partial charge in [0.05, 0.1) is 13.2 Å². The molecule has 3 heteroatoms. The fourth-order valence-corrected chi connectivity index (χ4v) is 3.86. The summed E-state index contributed by atoms with van der Waals surface area (Å²) in [6, 6.07) is 26.4. The molecular formula is C29H36O3. The van der Waals surface area contributed by atoms with E-state index in [2.05, 4.69) is 24.3 Å². The van der Waals surface area contributed by atoms with Crippen LogP contribution in [-0.4, -0.2) is 12.2 Å². The van der Waals surface area contributed by atoms with Crippen molar-refractivity contribution in [2.24, 2.45) is 0 Å². The fraction of sp³-hybridized carbons (Fsp3) is 0.379. The summed E-state index contributed by atoms with van der Waals surface area (Å²) in [5.74, 6) is 1.75. The molecule has 0 heterocycles. The molecule has 0 spiro atoms.